The summed E-state index contributed by atoms with van der Waals surface area (Å²) in [4.78, 5) is 0. The molecule has 0 bridgehead atoms. The molecule has 0 aliphatic carbocycles. The maximum absolute atomic E-state index is 8.74. The van der Waals surface area contributed by atoms with Gasteiger partial charge in [0.05, 0.1) is 0 Å². The molecule has 0 amide bonds. The van der Waals surface area contributed by atoms with Gasteiger partial charge < -0.3 is 0 Å². The molecule has 0 saturated heterocycles. The molecule has 0 fully saturated rings. The summed E-state index contributed by atoms with van der Waals surface area (Å²) in [6.07, 6.45) is 0. The van der Waals surface area contributed by atoms with Gasteiger partial charge in [0.2, 0.25) is 0 Å². The van der Waals surface area contributed by atoms with Crippen LogP contribution in [0.1, 0.15) is 0 Å². The van der Waals surface area contributed by atoms with E-state index in [0.29, 0.717) is 0 Å². The molecule has 0 aromatic heterocycles. The molecule has 7 heteroatoms. The molecule has 0 aliphatic rings. The molecule has 0 unspecified atom stereocenters. The van der Waals surface area contributed by atoms with Gasteiger partial charge in [-0.3, -0.25) is 9.11 Å². The first-order valence-corrected chi connectivity index (χ1v) is 2.10. The first-order chi connectivity index (χ1) is 2.00. The molecule has 2 N–H and O–H groups in total. The Morgan fingerprint density at radius 1 is 1.14 bits per heavy atom. The van der Waals surface area contributed by atoms with Crippen molar-refractivity contribution in [3.05, 3.63) is 0 Å². The third-order valence-corrected chi connectivity index (χ3v) is 0. The van der Waals surface area contributed by atoms with Crippen LogP contribution in [0.3, 0.4) is 0 Å². The van der Waals surface area contributed by atoms with Crippen molar-refractivity contribution in [1.82, 2.24) is 0 Å². The fourth-order valence-corrected chi connectivity index (χ4v) is 0. The van der Waals surface area contributed by atoms with Gasteiger partial charge in [0.25, 0.3) is 0 Å². The van der Waals surface area contributed by atoms with Gasteiger partial charge >= 0.3 is 30.2 Å². The van der Waals surface area contributed by atoms with Crippen molar-refractivity contribution in [2.75, 3.05) is 0 Å². The van der Waals surface area contributed by atoms with E-state index in [1.54, 1.807) is 0 Å². The minimum absolute atomic E-state index is 0. The standard InChI is InChI=1S/Ga.La.H2O4S.3H/c;;1-5(2,3)4;;;/h;;(H2,1,2,3,4);;;. The molecule has 4 nitrogen and oxygen atoms in total. The Morgan fingerprint density at radius 3 is 1.14 bits per heavy atom. The Hall–Kier alpha value is 1.70. The molecule has 0 spiro atoms. The number of hydrogen-bond acceptors (Lipinski definition) is 2. The summed E-state index contributed by atoms with van der Waals surface area (Å²) in [6, 6.07) is 0. The van der Waals surface area contributed by atoms with Crippen LogP contribution < -0.4 is 0 Å². The van der Waals surface area contributed by atoms with Crippen LogP contribution in [0.4, 0.5) is 0 Å². The first-order valence-electron chi connectivity index (χ1n) is 0.698. The van der Waals surface area contributed by atoms with Crippen LogP contribution in [0.25, 0.3) is 0 Å². The second kappa shape index (κ2) is 5.83. The predicted octanol–water partition coefficient (Wildman–Crippen LogP) is -1.84. The summed E-state index contributed by atoms with van der Waals surface area (Å²) in [7, 11) is -4.67. The quantitative estimate of drug-likeness (QED) is 0.407. The van der Waals surface area contributed by atoms with Gasteiger partial charge in [-0.2, -0.15) is 8.42 Å². The van der Waals surface area contributed by atoms with E-state index in [9.17, 15) is 0 Å². The van der Waals surface area contributed by atoms with Gasteiger partial charge in [0, 0.05) is 35.6 Å². The second-order valence-electron chi connectivity index (χ2n) is 0.448. The van der Waals surface area contributed by atoms with E-state index in [1.165, 1.54) is 0 Å². The van der Waals surface area contributed by atoms with E-state index < -0.39 is 10.4 Å². The monoisotopic (exact) mass is 309 g/mol. The average Bonchev–Trinajstić information content (AvgIpc) is 0.722. The summed E-state index contributed by atoms with van der Waals surface area (Å²) in [5.41, 5.74) is 0. The smallest absolute Gasteiger partial charge is 0 e. The first kappa shape index (κ1) is 15.9. The van der Waals surface area contributed by atoms with E-state index >= 15 is 0 Å². The van der Waals surface area contributed by atoms with Crippen molar-refractivity contribution in [3.63, 3.8) is 0 Å². The Morgan fingerprint density at radius 2 is 1.14 bits per heavy atom. The third-order valence-electron chi connectivity index (χ3n) is 0. The second-order valence-corrected chi connectivity index (χ2v) is 1.34. The zero-order valence-corrected chi connectivity index (χ0v) is 7.14. The Kier molecular flexibility index (Phi) is 13.2. The zero-order chi connectivity index (χ0) is 4.50. The summed E-state index contributed by atoms with van der Waals surface area (Å²) in [5, 5.41) is 0. The van der Waals surface area contributed by atoms with Crippen LogP contribution in [-0.2, 0) is 10.4 Å². The normalized spacial score (nSPS) is 8.29. The molecule has 0 aromatic carbocycles. The summed E-state index contributed by atoms with van der Waals surface area (Å²) in [5.74, 6) is 0. The molecule has 0 rings (SSSR count). The van der Waals surface area contributed by atoms with Gasteiger partial charge in [-0.05, 0) is 0 Å². The van der Waals surface area contributed by atoms with Crippen LogP contribution >= 0.6 is 0 Å². The Balaban J connectivity index is -0.0000000800. The molecule has 41 valence electrons. The van der Waals surface area contributed by atoms with Crippen LogP contribution in [0, 0.1) is 35.6 Å². The molecule has 0 saturated carbocycles. The van der Waals surface area contributed by atoms with Crippen molar-refractivity contribution in [2.24, 2.45) is 0 Å². The molecule has 7 heavy (non-hydrogen) atoms. The van der Waals surface area contributed by atoms with E-state index in [0.717, 1.165) is 0 Å². The molecular weight excluding hydrogens is 305 g/mol. The minimum Gasteiger partial charge on any atom is 0 e. The minimum atomic E-state index is -4.67. The van der Waals surface area contributed by atoms with Crippen molar-refractivity contribution in [3.8, 4) is 0 Å². The topological polar surface area (TPSA) is 74.6 Å². The maximum atomic E-state index is 8.74. The number of hydrogen-bond donors (Lipinski definition) is 2. The molecule has 0 heterocycles. The summed E-state index contributed by atoms with van der Waals surface area (Å²) < 4.78 is 31.6. The van der Waals surface area contributed by atoms with Crippen LogP contribution in [0.5, 0.6) is 0 Å². The van der Waals surface area contributed by atoms with Crippen molar-refractivity contribution in [1.29, 1.82) is 0 Å². The molecule has 0 aliphatic heterocycles. The van der Waals surface area contributed by atoms with Crippen LogP contribution in [-0.4, -0.2) is 37.3 Å². The zero-order valence-electron chi connectivity index (χ0n) is 2.70. The Bertz CT molecular complexity index is 94.9. The van der Waals surface area contributed by atoms with Crippen LogP contribution in [0.15, 0.2) is 0 Å². The fraction of sp³-hybridized carbons (Fsp3) is 0. The number of rotatable bonds is 0. The van der Waals surface area contributed by atoms with Crippen molar-refractivity contribution in [2.45, 2.75) is 0 Å². The van der Waals surface area contributed by atoms with Gasteiger partial charge in [0.15, 0.2) is 0 Å². The predicted molar refractivity (Wildman–Crippen MR) is 24.1 cm³/mol. The fourth-order valence-electron chi connectivity index (χ4n) is 0. The summed E-state index contributed by atoms with van der Waals surface area (Å²) >= 11 is 0. The molecule has 0 aromatic rings. The van der Waals surface area contributed by atoms with E-state index in [1.807, 2.05) is 0 Å². The molecule has 0 atom stereocenters. The molecular formula is H5GaLaO4S. The maximum Gasteiger partial charge on any atom is 0 e. The molecule has 1 radical (unpaired) electrons. The Labute approximate surface area is 82.3 Å². The van der Waals surface area contributed by atoms with Crippen molar-refractivity contribution >= 4 is 30.2 Å². The van der Waals surface area contributed by atoms with Gasteiger partial charge in [-0.25, -0.2) is 0 Å². The van der Waals surface area contributed by atoms with Crippen molar-refractivity contribution < 1.29 is 53.1 Å². The van der Waals surface area contributed by atoms with E-state index in [2.05, 4.69) is 0 Å². The van der Waals surface area contributed by atoms with E-state index in [-0.39, 0.29) is 55.4 Å². The SMILES string of the molecule is O=S(=O)(O)O.[GaH3].[La]. The van der Waals surface area contributed by atoms with E-state index in [4.69, 9.17) is 17.5 Å². The van der Waals surface area contributed by atoms with Crippen LogP contribution in [0.2, 0.25) is 0 Å². The van der Waals surface area contributed by atoms with Gasteiger partial charge in [-0.1, -0.05) is 0 Å². The van der Waals surface area contributed by atoms with Gasteiger partial charge in [-0.15, -0.1) is 0 Å². The summed E-state index contributed by atoms with van der Waals surface area (Å²) in [6.45, 7) is 0. The largest absolute Gasteiger partial charge is 0 e. The van der Waals surface area contributed by atoms with Gasteiger partial charge in [0.1, 0.15) is 0 Å². The third kappa shape index (κ3) is 86.5. The average molecular weight is 310 g/mol.